The van der Waals surface area contributed by atoms with E-state index in [0.29, 0.717) is 6.42 Å². The maximum atomic E-state index is 10.7. The van der Waals surface area contributed by atoms with Crippen LogP contribution in [0.4, 0.5) is 0 Å². The number of benzene rings is 1. The Balaban J connectivity index is 0.000000921. The Hall–Kier alpha value is -1.35. The molecule has 2 N–H and O–H groups in total. The van der Waals surface area contributed by atoms with Crippen molar-refractivity contribution in [3.05, 3.63) is 35.9 Å². The lowest BCUT2D eigenvalue weighted by molar-refractivity contribution is -0.139. The first kappa shape index (κ1) is 13.7. The standard InChI is InChI=1S/C10H13NO2.C2H6/c1-11-9(10(12)13)7-8-5-3-2-4-6-8;1-2/h2-6,9,11H,7H2,1H3,(H,12,13);1-2H3. The number of hydrogen-bond acceptors (Lipinski definition) is 2. The van der Waals surface area contributed by atoms with Crippen LogP contribution in [0.3, 0.4) is 0 Å². The second kappa shape index (κ2) is 8.00. The average molecular weight is 209 g/mol. The Morgan fingerprint density at radius 3 is 2.27 bits per heavy atom. The number of carboxylic acid groups (broad SMARTS) is 1. The van der Waals surface area contributed by atoms with Crippen LogP contribution in [0.2, 0.25) is 0 Å². The lowest BCUT2D eigenvalue weighted by Gasteiger charge is -2.10. The first-order valence-corrected chi connectivity index (χ1v) is 5.18. The van der Waals surface area contributed by atoms with E-state index in [1.165, 1.54) is 0 Å². The van der Waals surface area contributed by atoms with E-state index in [9.17, 15) is 4.79 Å². The van der Waals surface area contributed by atoms with Crippen molar-refractivity contribution < 1.29 is 9.90 Å². The highest BCUT2D eigenvalue weighted by Gasteiger charge is 2.14. The molecule has 0 saturated heterocycles. The van der Waals surface area contributed by atoms with Gasteiger partial charge in [0.15, 0.2) is 0 Å². The van der Waals surface area contributed by atoms with Gasteiger partial charge >= 0.3 is 5.97 Å². The van der Waals surface area contributed by atoms with Gasteiger partial charge in [0.2, 0.25) is 0 Å². The van der Waals surface area contributed by atoms with Gasteiger partial charge in [0.1, 0.15) is 6.04 Å². The molecule has 3 heteroatoms. The Morgan fingerprint density at radius 1 is 1.33 bits per heavy atom. The van der Waals surface area contributed by atoms with Gasteiger partial charge in [-0.15, -0.1) is 0 Å². The largest absolute Gasteiger partial charge is 0.480 e. The minimum Gasteiger partial charge on any atom is -0.480 e. The summed E-state index contributed by atoms with van der Waals surface area (Å²) in [5.74, 6) is -0.814. The smallest absolute Gasteiger partial charge is 0.321 e. The molecule has 15 heavy (non-hydrogen) atoms. The molecule has 0 fully saturated rings. The van der Waals surface area contributed by atoms with Gasteiger partial charge in [-0.1, -0.05) is 44.2 Å². The van der Waals surface area contributed by atoms with E-state index in [1.807, 2.05) is 44.2 Å². The van der Waals surface area contributed by atoms with Crippen LogP contribution in [-0.4, -0.2) is 24.2 Å². The number of carboxylic acids is 1. The molecule has 0 radical (unpaired) electrons. The third-order valence-corrected chi connectivity index (χ3v) is 1.93. The number of carbonyl (C=O) groups is 1. The minimum atomic E-state index is -0.814. The molecule has 0 bridgehead atoms. The molecule has 84 valence electrons. The number of rotatable bonds is 4. The van der Waals surface area contributed by atoms with Gasteiger partial charge in [-0.2, -0.15) is 0 Å². The second-order valence-corrected chi connectivity index (χ2v) is 2.87. The van der Waals surface area contributed by atoms with Crippen LogP contribution >= 0.6 is 0 Å². The zero-order valence-electron chi connectivity index (χ0n) is 9.53. The van der Waals surface area contributed by atoms with Gasteiger partial charge in [0.05, 0.1) is 0 Å². The molecular formula is C12H19NO2. The van der Waals surface area contributed by atoms with Crippen molar-refractivity contribution in [3.63, 3.8) is 0 Å². The van der Waals surface area contributed by atoms with Crippen molar-refractivity contribution >= 4 is 5.97 Å². The van der Waals surface area contributed by atoms with Gasteiger partial charge in [0, 0.05) is 0 Å². The van der Waals surface area contributed by atoms with Crippen molar-refractivity contribution in [1.29, 1.82) is 0 Å². The zero-order valence-corrected chi connectivity index (χ0v) is 9.53. The summed E-state index contributed by atoms with van der Waals surface area (Å²) in [5.41, 5.74) is 1.03. The normalized spacial score (nSPS) is 11.1. The van der Waals surface area contributed by atoms with Crippen molar-refractivity contribution in [2.75, 3.05) is 7.05 Å². The van der Waals surface area contributed by atoms with E-state index >= 15 is 0 Å². The van der Waals surface area contributed by atoms with Crippen LogP contribution in [0.1, 0.15) is 19.4 Å². The molecule has 1 rings (SSSR count). The average Bonchev–Trinajstić information content (AvgIpc) is 2.29. The quantitative estimate of drug-likeness (QED) is 0.796. The predicted octanol–water partition coefficient (Wildman–Crippen LogP) is 1.93. The Morgan fingerprint density at radius 2 is 1.87 bits per heavy atom. The van der Waals surface area contributed by atoms with Crippen LogP contribution in [-0.2, 0) is 11.2 Å². The van der Waals surface area contributed by atoms with Gasteiger partial charge in [-0.3, -0.25) is 4.79 Å². The van der Waals surface area contributed by atoms with Crippen LogP contribution in [0.5, 0.6) is 0 Å². The van der Waals surface area contributed by atoms with Crippen molar-refractivity contribution in [3.8, 4) is 0 Å². The van der Waals surface area contributed by atoms with Gasteiger partial charge < -0.3 is 10.4 Å². The number of nitrogens with one attached hydrogen (secondary N) is 1. The van der Waals surface area contributed by atoms with Crippen LogP contribution in [0.15, 0.2) is 30.3 Å². The fraction of sp³-hybridized carbons (Fsp3) is 0.417. The topological polar surface area (TPSA) is 49.3 Å². The van der Waals surface area contributed by atoms with Crippen molar-refractivity contribution in [2.24, 2.45) is 0 Å². The molecule has 0 saturated carbocycles. The monoisotopic (exact) mass is 209 g/mol. The lowest BCUT2D eigenvalue weighted by atomic mass is 10.1. The Labute approximate surface area is 91.1 Å². The maximum absolute atomic E-state index is 10.7. The first-order chi connectivity index (χ1) is 7.24. The van der Waals surface area contributed by atoms with E-state index in [-0.39, 0.29) is 0 Å². The molecule has 0 aliphatic heterocycles. The second-order valence-electron chi connectivity index (χ2n) is 2.87. The molecular weight excluding hydrogens is 190 g/mol. The van der Waals surface area contributed by atoms with E-state index < -0.39 is 12.0 Å². The summed E-state index contributed by atoms with van der Waals surface area (Å²) in [5, 5.41) is 11.5. The third kappa shape index (κ3) is 5.18. The zero-order chi connectivity index (χ0) is 11.7. The Bertz CT molecular complexity index is 272. The molecule has 0 spiro atoms. The van der Waals surface area contributed by atoms with Crippen LogP contribution < -0.4 is 5.32 Å². The number of aliphatic carboxylic acids is 1. The minimum absolute atomic E-state index is 0.498. The summed E-state index contributed by atoms with van der Waals surface area (Å²) in [4.78, 5) is 10.7. The molecule has 0 aliphatic rings. The molecule has 0 amide bonds. The summed E-state index contributed by atoms with van der Waals surface area (Å²) in [6.07, 6.45) is 0.521. The fourth-order valence-corrected chi connectivity index (χ4v) is 1.16. The summed E-state index contributed by atoms with van der Waals surface area (Å²) in [6, 6.07) is 9.08. The highest BCUT2D eigenvalue weighted by Crippen LogP contribution is 2.02. The number of likely N-dealkylation sites (N-methyl/N-ethyl adjacent to an activating group) is 1. The van der Waals surface area contributed by atoms with Gasteiger partial charge in [-0.05, 0) is 19.0 Å². The first-order valence-electron chi connectivity index (χ1n) is 5.18. The molecule has 1 aromatic rings. The summed E-state index contributed by atoms with van der Waals surface area (Å²) in [7, 11) is 1.65. The lowest BCUT2D eigenvalue weighted by Crippen LogP contribution is -2.35. The van der Waals surface area contributed by atoms with E-state index in [4.69, 9.17) is 5.11 Å². The highest BCUT2D eigenvalue weighted by atomic mass is 16.4. The fourth-order valence-electron chi connectivity index (χ4n) is 1.16. The van der Waals surface area contributed by atoms with Crippen LogP contribution in [0.25, 0.3) is 0 Å². The molecule has 3 nitrogen and oxygen atoms in total. The van der Waals surface area contributed by atoms with E-state index in [0.717, 1.165) is 5.56 Å². The molecule has 1 aromatic carbocycles. The number of hydrogen-bond donors (Lipinski definition) is 2. The molecule has 0 aliphatic carbocycles. The Kier molecular flexibility index (Phi) is 7.28. The molecule has 0 heterocycles. The van der Waals surface area contributed by atoms with Crippen molar-refractivity contribution in [1.82, 2.24) is 5.32 Å². The maximum Gasteiger partial charge on any atom is 0.321 e. The molecule has 1 unspecified atom stereocenters. The highest BCUT2D eigenvalue weighted by molar-refractivity contribution is 5.73. The molecule has 0 aromatic heterocycles. The van der Waals surface area contributed by atoms with E-state index in [1.54, 1.807) is 7.05 Å². The summed E-state index contributed by atoms with van der Waals surface area (Å²) >= 11 is 0. The van der Waals surface area contributed by atoms with Gasteiger partial charge in [0.25, 0.3) is 0 Å². The van der Waals surface area contributed by atoms with Crippen molar-refractivity contribution in [2.45, 2.75) is 26.3 Å². The summed E-state index contributed by atoms with van der Waals surface area (Å²) in [6.45, 7) is 4.00. The van der Waals surface area contributed by atoms with E-state index in [2.05, 4.69) is 5.32 Å². The van der Waals surface area contributed by atoms with Crippen LogP contribution in [0, 0.1) is 0 Å². The van der Waals surface area contributed by atoms with Gasteiger partial charge in [-0.25, -0.2) is 0 Å². The summed E-state index contributed by atoms with van der Waals surface area (Å²) < 4.78 is 0. The molecule has 1 atom stereocenters. The third-order valence-electron chi connectivity index (χ3n) is 1.93. The SMILES string of the molecule is CC.CNC(Cc1ccccc1)C(=O)O. The predicted molar refractivity (Wildman–Crippen MR) is 62.0 cm³/mol.